The minimum absolute atomic E-state index is 0.162. The zero-order valence-corrected chi connectivity index (χ0v) is 14.4. The summed E-state index contributed by atoms with van der Waals surface area (Å²) < 4.78 is 132. The summed E-state index contributed by atoms with van der Waals surface area (Å²) in [7, 11) is 0. The highest BCUT2D eigenvalue weighted by molar-refractivity contribution is 5.92. The van der Waals surface area contributed by atoms with Crippen molar-refractivity contribution in [1.82, 2.24) is 0 Å². The van der Waals surface area contributed by atoms with Gasteiger partial charge in [0.2, 0.25) is 5.91 Å². The summed E-state index contributed by atoms with van der Waals surface area (Å²) >= 11 is 0. The molecule has 0 saturated carbocycles. The van der Waals surface area contributed by atoms with Gasteiger partial charge in [0.05, 0.1) is 12.0 Å². The number of amides is 1. The first-order valence-corrected chi connectivity index (χ1v) is 7.80. The number of carbonyl (C=O) groups excluding carboxylic acids is 1. The lowest BCUT2D eigenvalue weighted by atomic mass is 10.00. The van der Waals surface area contributed by atoms with Crippen LogP contribution < -0.4 is 11.1 Å². The van der Waals surface area contributed by atoms with Gasteiger partial charge in [0.1, 0.15) is 11.3 Å². The monoisotopic (exact) mass is 448 g/mol. The molecule has 2 aromatic rings. The predicted molar refractivity (Wildman–Crippen MR) is 82.9 cm³/mol. The van der Waals surface area contributed by atoms with Crippen molar-refractivity contribution in [2.75, 3.05) is 5.32 Å². The van der Waals surface area contributed by atoms with Crippen LogP contribution in [0.5, 0.6) is 0 Å². The smallest absolute Gasteiger partial charge is 0.326 e. The number of hydrogen-bond acceptors (Lipinski definition) is 2. The Labute approximate surface area is 161 Å². The van der Waals surface area contributed by atoms with Gasteiger partial charge in [-0.15, -0.1) is 0 Å². The molecule has 0 aliphatic rings. The van der Waals surface area contributed by atoms with Crippen LogP contribution in [0.2, 0.25) is 0 Å². The van der Waals surface area contributed by atoms with Crippen LogP contribution in [0.15, 0.2) is 18.2 Å². The van der Waals surface area contributed by atoms with Crippen molar-refractivity contribution in [2.45, 2.75) is 25.3 Å². The van der Waals surface area contributed by atoms with Crippen molar-refractivity contribution in [1.29, 1.82) is 0 Å². The van der Waals surface area contributed by atoms with Gasteiger partial charge in [0.25, 0.3) is 0 Å². The van der Waals surface area contributed by atoms with Crippen molar-refractivity contribution in [3.63, 3.8) is 0 Å². The van der Waals surface area contributed by atoms with E-state index in [9.17, 15) is 48.7 Å². The van der Waals surface area contributed by atoms with Gasteiger partial charge in [-0.2, -0.15) is 26.3 Å². The number of benzene rings is 2. The number of rotatable bonds is 4. The maximum atomic E-state index is 13.8. The van der Waals surface area contributed by atoms with Crippen molar-refractivity contribution in [2.24, 2.45) is 5.73 Å². The van der Waals surface area contributed by atoms with E-state index >= 15 is 0 Å². The average Bonchev–Trinajstić information content (AvgIpc) is 2.61. The molecule has 13 heteroatoms. The van der Waals surface area contributed by atoms with Crippen LogP contribution in [-0.4, -0.2) is 5.91 Å². The van der Waals surface area contributed by atoms with Gasteiger partial charge >= 0.3 is 12.4 Å². The summed E-state index contributed by atoms with van der Waals surface area (Å²) in [6.07, 6.45) is -11.9. The Hall–Kier alpha value is -2.83. The Kier molecular flexibility index (Phi) is 6.35. The lowest BCUT2D eigenvalue weighted by molar-refractivity contribution is -0.143. The lowest BCUT2D eigenvalue weighted by Crippen LogP contribution is -2.22. The highest BCUT2D eigenvalue weighted by Crippen LogP contribution is 2.38. The minimum atomic E-state index is -5.79. The Balaban J connectivity index is 2.43. The van der Waals surface area contributed by atoms with E-state index in [1.807, 2.05) is 0 Å². The maximum absolute atomic E-state index is 13.8. The summed E-state index contributed by atoms with van der Waals surface area (Å²) in [5.74, 6) is -12.4. The minimum Gasteiger partial charge on any atom is -0.326 e. The van der Waals surface area contributed by atoms with E-state index in [0.29, 0.717) is 6.07 Å². The molecule has 0 aliphatic carbocycles. The van der Waals surface area contributed by atoms with Crippen molar-refractivity contribution in [3.8, 4) is 0 Å². The zero-order chi connectivity index (χ0) is 23.0. The molecule has 2 rings (SSSR count). The molecular weight excluding hydrogens is 438 g/mol. The zero-order valence-electron chi connectivity index (χ0n) is 14.4. The van der Waals surface area contributed by atoms with E-state index in [2.05, 4.69) is 0 Å². The second kappa shape index (κ2) is 8.13. The van der Waals surface area contributed by atoms with Crippen molar-refractivity contribution in [3.05, 3.63) is 63.7 Å². The third kappa shape index (κ3) is 4.66. The molecule has 30 heavy (non-hydrogen) atoms. The van der Waals surface area contributed by atoms with Crippen LogP contribution in [-0.2, 0) is 30.1 Å². The average molecular weight is 448 g/mol. The van der Waals surface area contributed by atoms with Crippen molar-refractivity contribution < 1.29 is 48.7 Å². The molecule has 3 nitrogen and oxygen atoms in total. The van der Waals surface area contributed by atoms with Crippen LogP contribution in [0.1, 0.15) is 22.3 Å². The molecule has 0 saturated heterocycles. The molecule has 2 aromatic carbocycles. The number of halogens is 10. The third-order valence-corrected chi connectivity index (χ3v) is 3.87. The first-order chi connectivity index (χ1) is 13.7. The molecular formula is C17H10F10N2O. The van der Waals surface area contributed by atoms with E-state index in [1.54, 1.807) is 0 Å². The Bertz CT molecular complexity index is 953. The molecule has 1 amide bonds. The van der Waals surface area contributed by atoms with Gasteiger partial charge < -0.3 is 11.1 Å². The molecule has 0 aliphatic heterocycles. The van der Waals surface area contributed by atoms with Gasteiger partial charge in [-0.1, -0.05) is 12.1 Å². The van der Waals surface area contributed by atoms with Gasteiger partial charge in [0, 0.05) is 6.54 Å². The van der Waals surface area contributed by atoms with Gasteiger partial charge in [-0.25, -0.2) is 17.6 Å². The standard InChI is InChI=1S/C17H10F10N2O/c18-11-10(17(25,26)27)12(19)14(21)15(13(11)20)29-9(30)4-7-3-6(5-28)1-2-8(7)16(22,23)24/h1-3H,4-5,28H2,(H,29,30). The summed E-state index contributed by atoms with van der Waals surface area (Å²) in [5.41, 5.74) is -1.28. The quantitative estimate of drug-likeness (QED) is 0.516. The number of hydrogen-bond donors (Lipinski definition) is 2. The highest BCUT2D eigenvalue weighted by atomic mass is 19.4. The summed E-state index contributed by atoms with van der Waals surface area (Å²) in [4.78, 5) is 12.0. The van der Waals surface area contributed by atoms with Gasteiger partial charge in [-0.3, -0.25) is 4.79 Å². The van der Waals surface area contributed by atoms with Crippen LogP contribution in [0.3, 0.4) is 0 Å². The molecule has 0 spiro atoms. The van der Waals surface area contributed by atoms with E-state index in [0.717, 1.165) is 12.1 Å². The molecule has 0 heterocycles. The summed E-state index contributed by atoms with van der Waals surface area (Å²) in [5, 5.41) is 1.27. The van der Waals surface area contributed by atoms with Gasteiger partial charge in [0.15, 0.2) is 23.3 Å². The first-order valence-electron chi connectivity index (χ1n) is 7.80. The second-order valence-electron chi connectivity index (χ2n) is 5.92. The molecule has 0 bridgehead atoms. The molecule has 164 valence electrons. The molecule has 0 atom stereocenters. The summed E-state index contributed by atoms with van der Waals surface area (Å²) in [6, 6.07) is 2.50. The predicted octanol–water partition coefficient (Wildman–Crippen LogP) is 4.92. The first kappa shape index (κ1) is 23.4. The van der Waals surface area contributed by atoms with Crippen LogP contribution >= 0.6 is 0 Å². The van der Waals surface area contributed by atoms with Crippen LogP contribution in [0, 0.1) is 23.3 Å². The number of nitrogens with one attached hydrogen (secondary N) is 1. The number of alkyl halides is 6. The molecule has 0 fully saturated rings. The number of nitrogens with two attached hydrogens (primary N) is 1. The van der Waals surface area contributed by atoms with Crippen LogP contribution in [0.25, 0.3) is 0 Å². The number of anilines is 1. The van der Waals surface area contributed by atoms with E-state index < -0.39 is 70.3 Å². The second-order valence-corrected chi connectivity index (χ2v) is 5.92. The number of carbonyl (C=O) groups is 1. The third-order valence-electron chi connectivity index (χ3n) is 3.87. The molecule has 0 radical (unpaired) electrons. The lowest BCUT2D eigenvalue weighted by Gasteiger charge is -2.16. The Morgan fingerprint density at radius 1 is 0.867 bits per heavy atom. The topological polar surface area (TPSA) is 55.1 Å². The summed E-state index contributed by atoms with van der Waals surface area (Å²) in [6.45, 7) is -0.217. The van der Waals surface area contributed by atoms with Crippen LogP contribution in [0.4, 0.5) is 49.6 Å². The fraction of sp³-hybridized carbons (Fsp3) is 0.235. The highest BCUT2D eigenvalue weighted by Gasteiger charge is 2.42. The fourth-order valence-corrected chi connectivity index (χ4v) is 2.54. The largest absolute Gasteiger partial charge is 0.422 e. The molecule has 0 aromatic heterocycles. The Morgan fingerprint density at radius 3 is 1.83 bits per heavy atom. The van der Waals surface area contributed by atoms with E-state index in [-0.39, 0.29) is 12.1 Å². The maximum Gasteiger partial charge on any atom is 0.422 e. The van der Waals surface area contributed by atoms with E-state index in [1.165, 1.54) is 5.32 Å². The van der Waals surface area contributed by atoms with E-state index in [4.69, 9.17) is 5.73 Å². The van der Waals surface area contributed by atoms with Crippen molar-refractivity contribution >= 4 is 11.6 Å². The van der Waals surface area contributed by atoms with Gasteiger partial charge in [-0.05, 0) is 17.2 Å². The SMILES string of the molecule is NCc1ccc(C(F)(F)F)c(CC(=O)Nc2c(F)c(F)c(C(F)(F)F)c(F)c2F)c1. The fourth-order valence-electron chi connectivity index (χ4n) is 2.54. The normalized spacial score (nSPS) is 12.2. The Morgan fingerprint density at radius 2 is 1.40 bits per heavy atom. The molecule has 0 unspecified atom stereocenters. The molecule has 3 N–H and O–H groups in total.